The molecule has 104 valence electrons. The first kappa shape index (κ1) is 14.3. The highest BCUT2D eigenvalue weighted by atomic mass is 35.5. The van der Waals surface area contributed by atoms with Crippen molar-refractivity contribution in [2.45, 2.75) is 20.4 Å². The van der Waals surface area contributed by atoms with E-state index in [4.69, 9.17) is 11.6 Å². The molecule has 2 aromatic carbocycles. The van der Waals surface area contributed by atoms with Gasteiger partial charge >= 0.3 is 0 Å². The summed E-state index contributed by atoms with van der Waals surface area (Å²) in [5.41, 5.74) is 4.22. The minimum atomic E-state index is -0.481. The molecule has 0 spiro atoms. The maximum atomic E-state index is 10.8. The quantitative estimate of drug-likeness (QED) is 0.667. The summed E-state index contributed by atoms with van der Waals surface area (Å²) in [5.74, 6) is 0. The van der Waals surface area contributed by atoms with Crippen LogP contribution in [0.25, 0.3) is 0 Å². The van der Waals surface area contributed by atoms with Crippen LogP contribution in [0, 0.1) is 24.0 Å². The molecule has 0 saturated carbocycles. The van der Waals surface area contributed by atoms with Gasteiger partial charge in [-0.25, -0.2) is 0 Å². The number of aryl methyl sites for hydroxylation is 1. The number of hydrogen-bond acceptors (Lipinski definition) is 3. The van der Waals surface area contributed by atoms with Crippen LogP contribution in [-0.4, -0.2) is 4.92 Å². The largest absolute Gasteiger partial charge is 0.381 e. The van der Waals surface area contributed by atoms with E-state index in [9.17, 15) is 10.1 Å². The average molecular weight is 291 g/mol. The number of nitrogens with one attached hydrogen (secondary N) is 1. The van der Waals surface area contributed by atoms with Crippen molar-refractivity contribution in [2.24, 2.45) is 0 Å². The lowest BCUT2D eigenvalue weighted by Gasteiger charge is -2.11. The summed E-state index contributed by atoms with van der Waals surface area (Å²) in [4.78, 5) is 10.4. The molecular formula is C15H15ClN2O2. The third kappa shape index (κ3) is 3.08. The van der Waals surface area contributed by atoms with Crippen molar-refractivity contribution in [3.8, 4) is 0 Å². The monoisotopic (exact) mass is 290 g/mol. The third-order valence-corrected chi connectivity index (χ3v) is 3.66. The fraction of sp³-hybridized carbons (Fsp3) is 0.200. The molecule has 0 aromatic heterocycles. The van der Waals surface area contributed by atoms with Gasteiger partial charge in [0.15, 0.2) is 0 Å². The summed E-state index contributed by atoms with van der Waals surface area (Å²) in [6.07, 6.45) is 0. The van der Waals surface area contributed by atoms with E-state index in [0.29, 0.717) is 12.2 Å². The molecule has 0 unspecified atom stereocenters. The molecule has 20 heavy (non-hydrogen) atoms. The van der Waals surface area contributed by atoms with Gasteiger partial charge in [0.1, 0.15) is 5.02 Å². The lowest BCUT2D eigenvalue weighted by atomic mass is 10.0. The van der Waals surface area contributed by atoms with Crippen LogP contribution in [0.2, 0.25) is 5.02 Å². The summed E-state index contributed by atoms with van der Waals surface area (Å²) in [6, 6.07) is 10.8. The first-order chi connectivity index (χ1) is 9.49. The van der Waals surface area contributed by atoms with Gasteiger partial charge in [-0.2, -0.15) is 0 Å². The van der Waals surface area contributed by atoms with Crippen LogP contribution in [0.3, 0.4) is 0 Å². The van der Waals surface area contributed by atoms with E-state index < -0.39 is 4.92 Å². The molecule has 0 heterocycles. The smallest absolute Gasteiger partial charge is 0.289 e. The van der Waals surface area contributed by atoms with Crippen LogP contribution >= 0.6 is 11.6 Å². The van der Waals surface area contributed by atoms with E-state index in [-0.39, 0.29) is 10.7 Å². The van der Waals surface area contributed by atoms with Gasteiger partial charge in [-0.15, -0.1) is 0 Å². The zero-order chi connectivity index (χ0) is 14.7. The molecule has 0 amide bonds. The van der Waals surface area contributed by atoms with Crippen molar-refractivity contribution in [3.05, 3.63) is 68.2 Å². The molecule has 0 saturated heterocycles. The molecule has 1 N–H and O–H groups in total. The van der Waals surface area contributed by atoms with Crippen LogP contribution < -0.4 is 5.32 Å². The third-order valence-electron chi connectivity index (χ3n) is 3.34. The molecule has 4 nitrogen and oxygen atoms in total. The summed E-state index contributed by atoms with van der Waals surface area (Å²) >= 11 is 5.78. The number of benzene rings is 2. The maximum absolute atomic E-state index is 10.8. The van der Waals surface area contributed by atoms with E-state index in [0.717, 1.165) is 0 Å². The van der Waals surface area contributed by atoms with Gasteiger partial charge in [-0.1, -0.05) is 29.8 Å². The Morgan fingerprint density at radius 3 is 2.70 bits per heavy atom. The zero-order valence-electron chi connectivity index (χ0n) is 11.3. The molecule has 0 fully saturated rings. The molecule has 0 atom stereocenters. The van der Waals surface area contributed by atoms with Crippen LogP contribution in [0.15, 0.2) is 36.4 Å². The second-order valence-electron chi connectivity index (χ2n) is 4.64. The van der Waals surface area contributed by atoms with Crippen molar-refractivity contribution >= 4 is 23.0 Å². The molecule has 2 rings (SSSR count). The fourth-order valence-corrected chi connectivity index (χ4v) is 2.15. The SMILES string of the molecule is Cc1cccc(CNc2ccc(Cl)c([N+](=O)[O-])c2)c1C. The Labute approximate surface area is 122 Å². The molecule has 0 radical (unpaired) electrons. The van der Waals surface area contributed by atoms with Gasteiger partial charge in [0.25, 0.3) is 5.69 Å². The predicted molar refractivity (Wildman–Crippen MR) is 81.3 cm³/mol. The Kier molecular flexibility index (Phi) is 4.25. The van der Waals surface area contributed by atoms with Crippen molar-refractivity contribution in [1.29, 1.82) is 0 Å². The Hall–Kier alpha value is -2.07. The minimum absolute atomic E-state index is 0.0855. The van der Waals surface area contributed by atoms with E-state index in [2.05, 4.69) is 25.2 Å². The van der Waals surface area contributed by atoms with Crippen molar-refractivity contribution in [1.82, 2.24) is 0 Å². The molecular weight excluding hydrogens is 276 g/mol. The van der Waals surface area contributed by atoms with Crippen molar-refractivity contribution < 1.29 is 4.92 Å². The number of anilines is 1. The van der Waals surface area contributed by atoms with Gasteiger partial charge < -0.3 is 5.32 Å². The van der Waals surface area contributed by atoms with Gasteiger partial charge in [-0.3, -0.25) is 10.1 Å². The summed E-state index contributed by atoms with van der Waals surface area (Å²) in [5, 5.41) is 14.2. The van der Waals surface area contributed by atoms with Gasteiger partial charge in [0, 0.05) is 18.3 Å². The standard InChI is InChI=1S/C15H15ClN2O2/c1-10-4-3-5-12(11(10)2)9-17-13-6-7-14(16)15(8-13)18(19)20/h3-8,17H,9H2,1-2H3. The summed E-state index contributed by atoms with van der Waals surface area (Å²) in [7, 11) is 0. The number of nitrogens with zero attached hydrogens (tertiary/aromatic N) is 1. The number of rotatable bonds is 4. The Morgan fingerprint density at radius 2 is 2.00 bits per heavy atom. The molecule has 2 aromatic rings. The van der Waals surface area contributed by atoms with E-state index >= 15 is 0 Å². The Morgan fingerprint density at radius 1 is 1.25 bits per heavy atom. The second kappa shape index (κ2) is 5.92. The van der Waals surface area contributed by atoms with E-state index in [1.54, 1.807) is 6.07 Å². The van der Waals surface area contributed by atoms with E-state index in [1.165, 1.54) is 28.8 Å². The number of nitro benzene ring substituents is 1. The Balaban J connectivity index is 2.17. The molecule has 0 aliphatic heterocycles. The number of hydrogen-bond donors (Lipinski definition) is 1. The van der Waals surface area contributed by atoms with E-state index in [1.807, 2.05) is 12.1 Å². The molecule has 5 heteroatoms. The highest BCUT2D eigenvalue weighted by Crippen LogP contribution is 2.27. The maximum Gasteiger partial charge on any atom is 0.289 e. The Bertz CT molecular complexity index is 656. The fourth-order valence-electron chi connectivity index (χ4n) is 1.96. The van der Waals surface area contributed by atoms with Gasteiger partial charge in [-0.05, 0) is 42.7 Å². The first-order valence-corrected chi connectivity index (χ1v) is 6.59. The lowest BCUT2D eigenvalue weighted by molar-refractivity contribution is -0.384. The number of nitro groups is 1. The first-order valence-electron chi connectivity index (χ1n) is 6.22. The normalized spacial score (nSPS) is 10.3. The highest BCUT2D eigenvalue weighted by molar-refractivity contribution is 6.32. The van der Waals surface area contributed by atoms with Gasteiger partial charge in [0.2, 0.25) is 0 Å². The topological polar surface area (TPSA) is 55.2 Å². The van der Waals surface area contributed by atoms with Crippen molar-refractivity contribution in [3.63, 3.8) is 0 Å². The van der Waals surface area contributed by atoms with Crippen molar-refractivity contribution in [2.75, 3.05) is 5.32 Å². The van der Waals surface area contributed by atoms with Crippen LogP contribution in [0.5, 0.6) is 0 Å². The zero-order valence-corrected chi connectivity index (χ0v) is 12.1. The van der Waals surface area contributed by atoms with Gasteiger partial charge in [0.05, 0.1) is 4.92 Å². The van der Waals surface area contributed by atoms with Crippen LogP contribution in [0.1, 0.15) is 16.7 Å². The highest BCUT2D eigenvalue weighted by Gasteiger charge is 2.12. The summed E-state index contributed by atoms with van der Waals surface area (Å²) in [6.45, 7) is 4.74. The lowest BCUT2D eigenvalue weighted by Crippen LogP contribution is -2.02. The predicted octanol–water partition coefficient (Wildman–Crippen LogP) is 4.48. The molecule has 0 aliphatic carbocycles. The molecule has 0 bridgehead atoms. The van der Waals surface area contributed by atoms with Crippen LogP contribution in [-0.2, 0) is 6.54 Å². The second-order valence-corrected chi connectivity index (χ2v) is 5.04. The average Bonchev–Trinajstić information content (AvgIpc) is 2.41. The minimum Gasteiger partial charge on any atom is -0.381 e. The number of halogens is 1. The summed E-state index contributed by atoms with van der Waals surface area (Å²) < 4.78 is 0. The molecule has 0 aliphatic rings. The van der Waals surface area contributed by atoms with Crippen LogP contribution in [0.4, 0.5) is 11.4 Å².